The Kier molecular flexibility index (Phi) is 4.44. The molecule has 8 nitrogen and oxygen atoms in total. The molecule has 1 N–H and O–H groups in total. The zero-order valence-electron chi connectivity index (χ0n) is 15.7. The van der Waals surface area contributed by atoms with E-state index < -0.39 is 11.2 Å². The third-order valence-corrected chi connectivity index (χ3v) is 6.29. The number of piperidine rings is 2. The summed E-state index contributed by atoms with van der Waals surface area (Å²) in [6, 6.07) is 0.407. The molecule has 0 unspecified atom stereocenters. The van der Waals surface area contributed by atoms with Gasteiger partial charge in [-0.2, -0.15) is 0 Å². The molecule has 27 heavy (non-hydrogen) atoms. The van der Waals surface area contributed by atoms with Crippen LogP contribution in [0.25, 0.3) is 0 Å². The fraction of sp³-hybridized carbons (Fsp3) is 0.684. The highest BCUT2D eigenvalue weighted by Gasteiger charge is 2.46. The molecule has 1 saturated carbocycles. The summed E-state index contributed by atoms with van der Waals surface area (Å²) in [5.74, 6) is 0.163. The molecule has 1 aromatic heterocycles. The first-order chi connectivity index (χ1) is 12.9. The zero-order chi connectivity index (χ0) is 19.2. The molecule has 0 bridgehead atoms. The molecule has 8 heteroatoms. The first kappa shape index (κ1) is 18.0. The first-order valence-electron chi connectivity index (χ1n) is 9.73. The summed E-state index contributed by atoms with van der Waals surface area (Å²) >= 11 is 0. The number of carbonyl (C=O) groups is 2. The maximum atomic E-state index is 12.8. The quantitative estimate of drug-likeness (QED) is 0.806. The van der Waals surface area contributed by atoms with Crippen LogP contribution in [-0.4, -0.2) is 56.8 Å². The summed E-state index contributed by atoms with van der Waals surface area (Å²) in [5.41, 5.74) is -0.622. The molecule has 4 rings (SSSR count). The van der Waals surface area contributed by atoms with Gasteiger partial charge in [-0.25, -0.2) is 4.79 Å². The molecule has 2 amide bonds. The van der Waals surface area contributed by atoms with Gasteiger partial charge < -0.3 is 14.8 Å². The molecule has 1 spiro atoms. The molecular weight excluding hydrogens is 348 g/mol. The number of hydrogen-bond acceptors (Lipinski definition) is 4. The topological polar surface area (TPSA) is 95.5 Å². The Bertz CT molecular complexity index is 884. The molecule has 146 valence electrons. The summed E-state index contributed by atoms with van der Waals surface area (Å²) in [5, 5.41) is 0. The van der Waals surface area contributed by atoms with Gasteiger partial charge >= 0.3 is 5.69 Å². The second-order valence-electron chi connectivity index (χ2n) is 8.33. The van der Waals surface area contributed by atoms with Gasteiger partial charge in [-0.05, 0) is 32.1 Å². The van der Waals surface area contributed by atoms with E-state index in [9.17, 15) is 19.2 Å². The summed E-state index contributed by atoms with van der Waals surface area (Å²) < 4.78 is 0.987. The average Bonchev–Trinajstić information content (AvgIpc) is 3.50. The number of amides is 2. The third-order valence-electron chi connectivity index (χ3n) is 6.29. The number of hydrogen-bond donors (Lipinski definition) is 1. The van der Waals surface area contributed by atoms with E-state index in [1.807, 2.05) is 9.80 Å². The molecule has 1 aromatic rings. The molecule has 1 aliphatic carbocycles. The lowest BCUT2D eigenvalue weighted by molar-refractivity contribution is -0.143. The second kappa shape index (κ2) is 6.65. The highest BCUT2D eigenvalue weighted by Crippen LogP contribution is 2.42. The van der Waals surface area contributed by atoms with Gasteiger partial charge in [0.05, 0.1) is 6.42 Å². The summed E-state index contributed by atoms with van der Waals surface area (Å²) in [4.78, 5) is 55.1. The van der Waals surface area contributed by atoms with Crippen molar-refractivity contribution in [3.05, 3.63) is 32.6 Å². The standard InChI is InChI=1S/C19H26N4O4/c1-21-17(26)13(10-20-18(21)27)9-16(25)22-8-2-6-19(11-22)7-5-15(24)23(12-19)14-3-4-14/h10,14H,2-9,11-12H2,1H3,(H,20,27)/t19-/m0/s1. The third kappa shape index (κ3) is 3.44. The van der Waals surface area contributed by atoms with Crippen molar-refractivity contribution in [1.82, 2.24) is 19.4 Å². The van der Waals surface area contributed by atoms with Crippen LogP contribution in [0.4, 0.5) is 0 Å². The van der Waals surface area contributed by atoms with Gasteiger partial charge in [-0.3, -0.25) is 19.0 Å². The van der Waals surface area contributed by atoms with Crippen molar-refractivity contribution in [3.8, 4) is 0 Å². The molecule has 3 heterocycles. The van der Waals surface area contributed by atoms with E-state index in [1.165, 1.54) is 13.2 Å². The number of likely N-dealkylation sites (tertiary alicyclic amines) is 2. The smallest absolute Gasteiger partial charge is 0.328 e. The van der Waals surface area contributed by atoms with Gasteiger partial charge in [0.2, 0.25) is 11.8 Å². The molecule has 2 aliphatic heterocycles. The number of aromatic nitrogens is 2. The minimum absolute atomic E-state index is 0.00912. The predicted molar refractivity (Wildman–Crippen MR) is 98.2 cm³/mol. The van der Waals surface area contributed by atoms with Crippen LogP contribution in [0.2, 0.25) is 0 Å². The maximum Gasteiger partial charge on any atom is 0.328 e. The van der Waals surface area contributed by atoms with Gasteiger partial charge in [0.1, 0.15) is 0 Å². The lowest BCUT2D eigenvalue weighted by Crippen LogP contribution is -2.55. The Morgan fingerprint density at radius 3 is 2.74 bits per heavy atom. The van der Waals surface area contributed by atoms with Crippen LogP contribution in [0.1, 0.15) is 44.1 Å². The van der Waals surface area contributed by atoms with E-state index in [1.54, 1.807) is 0 Å². The van der Waals surface area contributed by atoms with E-state index in [0.717, 1.165) is 43.2 Å². The van der Waals surface area contributed by atoms with E-state index >= 15 is 0 Å². The monoisotopic (exact) mass is 374 g/mol. The minimum atomic E-state index is -0.486. The minimum Gasteiger partial charge on any atom is -0.342 e. The van der Waals surface area contributed by atoms with Gasteiger partial charge in [0.15, 0.2) is 0 Å². The predicted octanol–water partition coefficient (Wildman–Crippen LogP) is 0.00970. The van der Waals surface area contributed by atoms with Crippen molar-refractivity contribution in [1.29, 1.82) is 0 Å². The number of aromatic amines is 1. The highest BCUT2D eigenvalue weighted by molar-refractivity contribution is 5.79. The van der Waals surface area contributed by atoms with E-state index in [4.69, 9.17) is 0 Å². The fourth-order valence-electron chi connectivity index (χ4n) is 4.53. The SMILES string of the molecule is Cn1c(=O)[nH]cc(CC(=O)N2CCC[C@]3(CCC(=O)N(C4CC4)C3)C2)c1=O. The van der Waals surface area contributed by atoms with Crippen molar-refractivity contribution >= 4 is 11.8 Å². The molecular formula is C19H26N4O4. The lowest BCUT2D eigenvalue weighted by atomic mass is 9.73. The summed E-state index contributed by atoms with van der Waals surface area (Å²) in [6.07, 6.45) is 6.88. The number of nitrogens with zero attached hydrogens (tertiary/aromatic N) is 3. The Labute approximate surface area is 157 Å². The van der Waals surface area contributed by atoms with Crippen molar-refractivity contribution < 1.29 is 9.59 Å². The number of nitrogens with one attached hydrogen (secondary N) is 1. The van der Waals surface area contributed by atoms with Gasteiger partial charge in [0, 0.05) is 56.3 Å². The van der Waals surface area contributed by atoms with Crippen molar-refractivity contribution in [2.24, 2.45) is 12.5 Å². The van der Waals surface area contributed by atoms with Crippen LogP contribution in [0.5, 0.6) is 0 Å². The fourth-order valence-corrected chi connectivity index (χ4v) is 4.53. The summed E-state index contributed by atoms with van der Waals surface area (Å²) in [6.45, 7) is 2.08. The Morgan fingerprint density at radius 1 is 1.22 bits per heavy atom. The van der Waals surface area contributed by atoms with E-state index in [0.29, 0.717) is 31.1 Å². The van der Waals surface area contributed by atoms with Crippen LogP contribution in [0.3, 0.4) is 0 Å². The first-order valence-corrected chi connectivity index (χ1v) is 9.73. The number of rotatable bonds is 3. The van der Waals surface area contributed by atoms with E-state index in [2.05, 4.69) is 4.98 Å². The zero-order valence-corrected chi connectivity index (χ0v) is 15.7. The normalized spacial score (nSPS) is 25.9. The lowest BCUT2D eigenvalue weighted by Gasteiger charge is -2.48. The average molecular weight is 374 g/mol. The molecule has 3 aliphatic rings. The van der Waals surface area contributed by atoms with Crippen molar-refractivity contribution in [2.45, 2.75) is 51.0 Å². The number of H-pyrrole nitrogens is 1. The van der Waals surface area contributed by atoms with Crippen LogP contribution in [-0.2, 0) is 23.1 Å². The van der Waals surface area contributed by atoms with Gasteiger partial charge in [0.25, 0.3) is 5.56 Å². The van der Waals surface area contributed by atoms with Gasteiger partial charge in [-0.1, -0.05) is 0 Å². The van der Waals surface area contributed by atoms with Crippen LogP contribution < -0.4 is 11.2 Å². The summed E-state index contributed by atoms with van der Waals surface area (Å²) in [7, 11) is 1.40. The maximum absolute atomic E-state index is 12.8. The largest absolute Gasteiger partial charge is 0.342 e. The molecule has 0 aromatic carbocycles. The Balaban J connectivity index is 1.47. The molecule has 2 saturated heterocycles. The Morgan fingerprint density at radius 2 is 2.00 bits per heavy atom. The molecule has 3 fully saturated rings. The van der Waals surface area contributed by atoms with Gasteiger partial charge in [-0.15, -0.1) is 0 Å². The number of carbonyl (C=O) groups excluding carboxylic acids is 2. The molecule has 0 radical (unpaired) electrons. The van der Waals surface area contributed by atoms with E-state index in [-0.39, 0.29) is 23.7 Å². The Hall–Kier alpha value is -2.38. The second-order valence-corrected chi connectivity index (χ2v) is 8.33. The van der Waals surface area contributed by atoms with Crippen molar-refractivity contribution in [2.75, 3.05) is 19.6 Å². The van der Waals surface area contributed by atoms with Crippen LogP contribution in [0.15, 0.2) is 15.8 Å². The van der Waals surface area contributed by atoms with Crippen LogP contribution in [0, 0.1) is 5.41 Å². The van der Waals surface area contributed by atoms with Crippen LogP contribution >= 0.6 is 0 Å². The van der Waals surface area contributed by atoms with Crippen molar-refractivity contribution in [3.63, 3.8) is 0 Å². The molecule has 1 atom stereocenters. The highest BCUT2D eigenvalue weighted by atomic mass is 16.2.